The molecule has 0 saturated carbocycles. The lowest BCUT2D eigenvalue weighted by Gasteiger charge is -2.12. The van der Waals surface area contributed by atoms with E-state index in [2.05, 4.69) is 6.58 Å². The van der Waals surface area contributed by atoms with E-state index >= 15 is 0 Å². The van der Waals surface area contributed by atoms with Crippen LogP contribution in [0, 0.1) is 5.92 Å². The average Bonchev–Trinajstić information content (AvgIpc) is 1.97. The molecule has 0 aliphatic rings. The fourth-order valence-electron chi connectivity index (χ4n) is 0.752. The molecule has 0 aromatic rings. The van der Waals surface area contributed by atoms with E-state index in [0.29, 0.717) is 0 Å². The molecule has 6 nitrogen and oxygen atoms in total. The van der Waals surface area contributed by atoms with Crippen LogP contribution in [0.1, 0.15) is 6.42 Å². The molecule has 0 radical (unpaired) electrons. The van der Waals surface area contributed by atoms with Crippen LogP contribution in [0.2, 0.25) is 0 Å². The van der Waals surface area contributed by atoms with E-state index in [1.807, 2.05) is 0 Å². The van der Waals surface area contributed by atoms with Crippen LogP contribution in [-0.4, -0.2) is 38.7 Å². The quantitative estimate of drug-likeness (QED) is 0.327. The summed E-state index contributed by atoms with van der Waals surface area (Å²) in [5.74, 6) is -4.38. The van der Waals surface area contributed by atoms with Crippen molar-refractivity contribution in [3.63, 3.8) is 0 Å². The number of carboxylic acids is 2. The highest BCUT2D eigenvalue weighted by molar-refractivity contribution is 5.93. The highest BCUT2D eigenvalue weighted by Gasteiger charge is 2.27. The molecule has 13 heavy (non-hydrogen) atoms. The SMILES string of the molecule is C=C(C(=O)O)C(CC(O)O)C(=O)O. The molecule has 0 spiro atoms. The van der Waals surface area contributed by atoms with Gasteiger partial charge in [0.1, 0.15) is 0 Å². The Bertz CT molecular complexity index is 231. The minimum absolute atomic E-state index is 0.569. The Balaban J connectivity index is 4.52. The van der Waals surface area contributed by atoms with Gasteiger partial charge in [-0.2, -0.15) is 0 Å². The van der Waals surface area contributed by atoms with E-state index in [1.54, 1.807) is 0 Å². The minimum atomic E-state index is -1.86. The Morgan fingerprint density at radius 3 is 1.92 bits per heavy atom. The second-order valence-electron chi connectivity index (χ2n) is 2.44. The topological polar surface area (TPSA) is 115 Å². The molecule has 0 saturated heterocycles. The summed E-state index contributed by atoms with van der Waals surface area (Å²) < 4.78 is 0. The number of hydrogen-bond donors (Lipinski definition) is 4. The summed E-state index contributed by atoms with van der Waals surface area (Å²) in [5, 5.41) is 33.8. The van der Waals surface area contributed by atoms with Crippen molar-refractivity contribution in [3.05, 3.63) is 12.2 Å². The molecule has 0 aliphatic heterocycles. The molecule has 1 unspecified atom stereocenters. The molecule has 0 amide bonds. The Labute approximate surface area is 73.7 Å². The zero-order valence-electron chi connectivity index (χ0n) is 6.67. The van der Waals surface area contributed by atoms with Crippen LogP contribution in [-0.2, 0) is 9.59 Å². The lowest BCUT2D eigenvalue weighted by molar-refractivity contribution is -0.147. The number of rotatable bonds is 5. The maximum absolute atomic E-state index is 10.4. The highest BCUT2D eigenvalue weighted by Crippen LogP contribution is 2.15. The third-order valence-electron chi connectivity index (χ3n) is 1.44. The van der Waals surface area contributed by atoms with Crippen molar-refractivity contribution in [1.82, 2.24) is 0 Å². The molecule has 0 heterocycles. The van der Waals surface area contributed by atoms with Gasteiger partial charge in [-0.25, -0.2) is 4.79 Å². The van der Waals surface area contributed by atoms with Crippen molar-refractivity contribution in [1.29, 1.82) is 0 Å². The Morgan fingerprint density at radius 1 is 1.23 bits per heavy atom. The molecule has 1 atom stereocenters. The third kappa shape index (κ3) is 3.68. The summed E-state index contributed by atoms with van der Waals surface area (Å²) in [6, 6.07) is 0. The zero-order valence-corrected chi connectivity index (χ0v) is 6.67. The van der Waals surface area contributed by atoms with E-state index in [4.69, 9.17) is 20.4 Å². The molecule has 4 N–H and O–H groups in total. The molecule has 0 fully saturated rings. The highest BCUT2D eigenvalue weighted by atomic mass is 16.5. The first-order chi connectivity index (χ1) is 5.86. The number of aliphatic carboxylic acids is 2. The second-order valence-corrected chi connectivity index (χ2v) is 2.44. The van der Waals surface area contributed by atoms with Crippen LogP contribution in [0.25, 0.3) is 0 Å². The lowest BCUT2D eigenvalue weighted by atomic mass is 9.97. The average molecular weight is 190 g/mol. The van der Waals surface area contributed by atoms with Gasteiger partial charge in [0.25, 0.3) is 0 Å². The second kappa shape index (κ2) is 4.58. The maximum atomic E-state index is 10.4. The van der Waals surface area contributed by atoms with Crippen molar-refractivity contribution in [2.45, 2.75) is 12.7 Å². The fraction of sp³-hybridized carbons (Fsp3) is 0.429. The molecule has 0 bridgehead atoms. The van der Waals surface area contributed by atoms with E-state index in [-0.39, 0.29) is 0 Å². The number of aliphatic hydroxyl groups is 2. The summed E-state index contributed by atoms with van der Waals surface area (Å²) in [4.78, 5) is 20.7. The Morgan fingerprint density at radius 2 is 1.69 bits per heavy atom. The summed E-state index contributed by atoms with van der Waals surface area (Å²) in [7, 11) is 0. The summed E-state index contributed by atoms with van der Waals surface area (Å²) in [6.45, 7) is 3.03. The number of carboxylic acid groups (broad SMARTS) is 2. The normalized spacial score (nSPS) is 12.5. The summed E-state index contributed by atoms with van der Waals surface area (Å²) >= 11 is 0. The van der Waals surface area contributed by atoms with Crippen molar-refractivity contribution in [2.75, 3.05) is 0 Å². The van der Waals surface area contributed by atoms with Gasteiger partial charge in [-0.3, -0.25) is 4.79 Å². The van der Waals surface area contributed by atoms with Crippen LogP contribution in [0.3, 0.4) is 0 Å². The molecule has 0 aromatic heterocycles. The standard InChI is InChI=1S/C7H10O6/c1-3(6(10)11)4(7(12)13)2-5(8)9/h4-5,8-9H,1-2H2,(H,10,11)(H,12,13). The number of aliphatic hydroxyl groups excluding tert-OH is 1. The number of carbonyl (C=O) groups is 2. The Kier molecular flexibility index (Phi) is 4.09. The smallest absolute Gasteiger partial charge is 0.331 e. The van der Waals surface area contributed by atoms with E-state index < -0.39 is 36.1 Å². The van der Waals surface area contributed by atoms with Gasteiger partial charge in [0.05, 0.1) is 5.92 Å². The van der Waals surface area contributed by atoms with E-state index in [0.717, 1.165) is 0 Å². The maximum Gasteiger partial charge on any atom is 0.331 e. The van der Waals surface area contributed by atoms with Gasteiger partial charge in [-0.15, -0.1) is 0 Å². The molecule has 6 heteroatoms. The first-order valence-electron chi connectivity index (χ1n) is 3.37. The largest absolute Gasteiger partial charge is 0.481 e. The van der Waals surface area contributed by atoms with Crippen molar-refractivity contribution < 1.29 is 30.0 Å². The van der Waals surface area contributed by atoms with Gasteiger partial charge in [-0.1, -0.05) is 6.58 Å². The van der Waals surface area contributed by atoms with Crippen LogP contribution < -0.4 is 0 Å². The summed E-state index contributed by atoms with van der Waals surface area (Å²) in [5.41, 5.74) is -0.569. The minimum Gasteiger partial charge on any atom is -0.481 e. The lowest BCUT2D eigenvalue weighted by Crippen LogP contribution is -2.25. The van der Waals surface area contributed by atoms with Crippen LogP contribution in [0.4, 0.5) is 0 Å². The predicted octanol–water partition coefficient (Wildman–Crippen LogP) is -0.971. The third-order valence-corrected chi connectivity index (χ3v) is 1.44. The first kappa shape index (κ1) is 11.6. The van der Waals surface area contributed by atoms with Crippen molar-refractivity contribution in [3.8, 4) is 0 Å². The summed E-state index contributed by atoms with van der Waals surface area (Å²) in [6.07, 6.45) is -2.45. The van der Waals surface area contributed by atoms with Gasteiger partial charge in [-0.05, 0) is 0 Å². The Hall–Kier alpha value is -1.40. The van der Waals surface area contributed by atoms with Gasteiger partial charge in [0, 0.05) is 12.0 Å². The van der Waals surface area contributed by atoms with Crippen molar-refractivity contribution in [2.24, 2.45) is 5.92 Å². The van der Waals surface area contributed by atoms with Crippen LogP contribution >= 0.6 is 0 Å². The van der Waals surface area contributed by atoms with Gasteiger partial charge < -0.3 is 20.4 Å². The van der Waals surface area contributed by atoms with Gasteiger partial charge >= 0.3 is 11.9 Å². The van der Waals surface area contributed by atoms with E-state index in [1.165, 1.54) is 0 Å². The van der Waals surface area contributed by atoms with Crippen LogP contribution in [0.5, 0.6) is 0 Å². The molecule has 0 aliphatic carbocycles. The molecule has 74 valence electrons. The zero-order chi connectivity index (χ0) is 10.6. The predicted molar refractivity (Wildman–Crippen MR) is 40.7 cm³/mol. The van der Waals surface area contributed by atoms with Crippen LogP contribution in [0.15, 0.2) is 12.2 Å². The fourth-order valence-corrected chi connectivity index (χ4v) is 0.752. The molecule has 0 aromatic carbocycles. The number of hydrogen-bond acceptors (Lipinski definition) is 4. The molecular formula is C7H10O6. The first-order valence-corrected chi connectivity index (χ1v) is 3.37. The molecule has 0 rings (SSSR count). The van der Waals surface area contributed by atoms with E-state index in [9.17, 15) is 9.59 Å². The monoisotopic (exact) mass is 190 g/mol. The van der Waals surface area contributed by atoms with Gasteiger partial charge in [0.15, 0.2) is 6.29 Å². The van der Waals surface area contributed by atoms with Crippen molar-refractivity contribution >= 4 is 11.9 Å². The van der Waals surface area contributed by atoms with Gasteiger partial charge in [0.2, 0.25) is 0 Å². The molecular weight excluding hydrogens is 180 g/mol.